The van der Waals surface area contributed by atoms with Crippen LogP contribution in [0.2, 0.25) is 0 Å². The van der Waals surface area contributed by atoms with Crippen LogP contribution in [0, 0.1) is 0 Å². The molecule has 0 spiro atoms. The molecule has 3 rings (SSSR count). The monoisotopic (exact) mass is 231 g/mol. The van der Waals surface area contributed by atoms with Crippen molar-refractivity contribution < 1.29 is 4.74 Å². The molecular formula is C15H21NO. The summed E-state index contributed by atoms with van der Waals surface area (Å²) < 4.78 is 6.04. The Labute approximate surface area is 104 Å². The van der Waals surface area contributed by atoms with E-state index in [1.807, 2.05) is 0 Å². The highest BCUT2D eigenvalue weighted by atomic mass is 16.5. The number of rotatable bonds is 2. The molecule has 1 aliphatic carbocycles. The molecule has 0 aromatic heterocycles. The van der Waals surface area contributed by atoms with Crippen molar-refractivity contribution in [3.8, 4) is 0 Å². The van der Waals surface area contributed by atoms with Gasteiger partial charge in [0.25, 0.3) is 0 Å². The van der Waals surface area contributed by atoms with Crippen LogP contribution in [0.3, 0.4) is 0 Å². The van der Waals surface area contributed by atoms with Crippen LogP contribution >= 0.6 is 0 Å². The molecule has 2 unspecified atom stereocenters. The van der Waals surface area contributed by atoms with E-state index < -0.39 is 0 Å². The average molecular weight is 231 g/mol. The average Bonchev–Trinajstić information content (AvgIpc) is 2.39. The number of hydrogen-bond acceptors (Lipinski definition) is 2. The van der Waals surface area contributed by atoms with Gasteiger partial charge in [0, 0.05) is 12.6 Å². The fourth-order valence-electron chi connectivity index (χ4n) is 3.30. The summed E-state index contributed by atoms with van der Waals surface area (Å²) in [6.45, 7) is 5.47. The van der Waals surface area contributed by atoms with E-state index in [0.29, 0.717) is 12.1 Å². The van der Waals surface area contributed by atoms with Crippen LogP contribution < -0.4 is 0 Å². The highest BCUT2D eigenvalue weighted by Crippen LogP contribution is 2.37. The van der Waals surface area contributed by atoms with Crippen molar-refractivity contribution in [1.29, 1.82) is 0 Å². The van der Waals surface area contributed by atoms with Crippen LogP contribution in [0.15, 0.2) is 24.3 Å². The zero-order valence-corrected chi connectivity index (χ0v) is 10.6. The van der Waals surface area contributed by atoms with Crippen molar-refractivity contribution >= 4 is 0 Å². The third-order valence-corrected chi connectivity index (χ3v) is 4.08. The van der Waals surface area contributed by atoms with E-state index in [0.717, 1.165) is 13.2 Å². The smallest absolute Gasteiger partial charge is 0.0983 e. The topological polar surface area (TPSA) is 12.5 Å². The van der Waals surface area contributed by atoms with Crippen LogP contribution in [0.4, 0.5) is 0 Å². The molecule has 0 N–H and O–H groups in total. The lowest BCUT2D eigenvalue weighted by Gasteiger charge is -2.44. The summed E-state index contributed by atoms with van der Waals surface area (Å²) in [5.41, 5.74) is 2.93. The van der Waals surface area contributed by atoms with Gasteiger partial charge in [-0.05, 0) is 36.9 Å². The molecule has 2 atom stereocenters. The lowest BCUT2D eigenvalue weighted by atomic mass is 9.84. The van der Waals surface area contributed by atoms with Gasteiger partial charge in [-0.2, -0.15) is 0 Å². The molecule has 92 valence electrons. The van der Waals surface area contributed by atoms with E-state index in [2.05, 4.69) is 36.1 Å². The minimum atomic E-state index is 0.320. The van der Waals surface area contributed by atoms with Crippen LogP contribution in [0.25, 0.3) is 0 Å². The van der Waals surface area contributed by atoms with E-state index in [1.165, 1.54) is 36.9 Å². The van der Waals surface area contributed by atoms with E-state index in [1.54, 1.807) is 0 Å². The third-order valence-electron chi connectivity index (χ3n) is 4.08. The SMILES string of the molecule is CCCN1CCOC2c3ccccc3CCC21. The molecule has 1 saturated heterocycles. The summed E-state index contributed by atoms with van der Waals surface area (Å²) in [4.78, 5) is 2.63. The molecule has 0 bridgehead atoms. The summed E-state index contributed by atoms with van der Waals surface area (Å²) in [5, 5.41) is 0. The van der Waals surface area contributed by atoms with Gasteiger partial charge in [0.15, 0.2) is 0 Å². The Hall–Kier alpha value is -0.860. The van der Waals surface area contributed by atoms with Gasteiger partial charge in [0.2, 0.25) is 0 Å². The predicted octanol–water partition coefficient (Wildman–Crippen LogP) is 2.78. The first-order chi connectivity index (χ1) is 8.40. The predicted molar refractivity (Wildman–Crippen MR) is 69.1 cm³/mol. The molecule has 1 aliphatic heterocycles. The van der Waals surface area contributed by atoms with Gasteiger partial charge in [-0.1, -0.05) is 31.2 Å². The fraction of sp³-hybridized carbons (Fsp3) is 0.600. The number of nitrogens with zero attached hydrogens (tertiary/aromatic N) is 1. The van der Waals surface area contributed by atoms with Gasteiger partial charge in [-0.15, -0.1) is 0 Å². The second-order valence-electron chi connectivity index (χ2n) is 5.13. The maximum Gasteiger partial charge on any atom is 0.0983 e. The number of benzene rings is 1. The maximum atomic E-state index is 6.04. The Morgan fingerprint density at radius 2 is 2.24 bits per heavy atom. The Kier molecular flexibility index (Phi) is 3.17. The van der Waals surface area contributed by atoms with Crippen molar-refractivity contribution in [2.75, 3.05) is 19.7 Å². The van der Waals surface area contributed by atoms with Crippen LogP contribution in [-0.2, 0) is 11.2 Å². The minimum Gasteiger partial charge on any atom is -0.371 e. The normalized spacial score (nSPS) is 28.5. The number of ether oxygens (including phenoxy) is 1. The number of aryl methyl sites for hydroxylation is 1. The molecule has 2 aliphatic rings. The van der Waals surface area contributed by atoms with Crippen LogP contribution in [-0.4, -0.2) is 30.6 Å². The largest absolute Gasteiger partial charge is 0.371 e. The Balaban J connectivity index is 1.88. The van der Waals surface area contributed by atoms with E-state index in [9.17, 15) is 0 Å². The number of hydrogen-bond donors (Lipinski definition) is 0. The third kappa shape index (κ3) is 2.00. The van der Waals surface area contributed by atoms with Crippen molar-refractivity contribution in [3.05, 3.63) is 35.4 Å². The summed E-state index contributed by atoms with van der Waals surface area (Å²) in [6.07, 6.45) is 4.02. The summed E-state index contributed by atoms with van der Waals surface area (Å²) in [6, 6.07) is 9.41. The summed E-state index contributed by atoms with van der Waals surface area (Å²) in [7, 11) is 0. The van der Waals surface area contributed by atoms with E-state index in [-0.39, 0.29) is 0 Å². The van der Waals surface area contributed by atoms with Crippen molar-refractivity contribution in [2.45, 2.75) is 38.3 Å². The van der Waals surface area contributed by atoms with Gasteiger partial charge in [-0.25, -0.2) is 0 Å². The van der Waals surface area contributed by atoms with Gasteiger partial charge in [0.1, 0.15) is 0 Å². The molecule has 1 aromatic rings. The first-order valence-corrected chi connectivity index (χ1v) is 6.83. The second-order valence-corrected chi connectivity index (χ2v) is 5.13. The minimum absolute atomic E-state index is 0.320. The Morgan fingerprint density at radius 1 is 1.35 bits per heavy atom. The highest BCUT2D eigenvalue weighted by molar-refractivity contribution is 5.33. The van der Waals surface area contributed by atoms with Crippen molar-refractivity contribution in [1.82, 2.24) is 4.90 Å². The molecule has 0 radical (unpaired) electrons. The van der Waals surface area contributed by atoms with Crippen molar-refractivity contribution in [3.63, 3.8) is 0 Å². The molecule has 0 saturated carbocycles. The summed E-state index contributed by atoms with van der Waals surface area (Å²) in [5.74, 6) is 0. The number of fused-ring (bicyclic) bond motifs is 3. The lowest BCUT2D eigenvalue weighted by molar-refractivity contribution is -0.0801. The van der Waals surface area contributed by atoms with Crippen LogP contribution in [0.1, 0.15) is 37.0 Å². The second kappa shape index (κ2) is 4.79. The first-order valence-electron chi connectivity index (χ1n) is 6.83. The molecule has 1 fully saturated rings. The molecule has 1 heterocycles. The molecule has 0 amide bonds. The fourth-order valence-corrected chi connectivity index (χ4v) is 3.30. The van der Waals surface area contributed by atoms with Crippen LogP contribution in [0.5, 0.6) is 0 Å². The summed E-state index contributed by atoms with van der Waals surface area (Å²) >= 11 is 0. The van der Waals surface area contributed by atoms with E-state index >= 15 is 0 Å². The molecule has 1 aromatic carbocycles. The number of morpholine rings is 1. The van der Waals surface area contributed by atoms with Gasteiger partial charge in [0.05, 0.1) is 12.7 Å². The zero-order chi connectivity index (χ0) is 11.7. The first kappa shape index (κ1) is 11.2. The molecular weight excluding hydrogens is 210 g/mol. The standard InChI is InChI=1S/C15H21NO/c1-2-9-16-10-11-17-15-13-6-4-3-5-12(13)7-8-14(15)16/h3-6,14-15H,2,7-11H2,1H3. The molecule has 2 nitrogen and oxygen atoms in total. The quantitative estimate of drug-likeness (QED) is 0.776. The van der Waals surface area contributed by atoms with Crippen molar-refractivity contribution in [2.24, 2.45) is 0 Å². The maximum absolute atomic E-state index is 6.04. The highest BCUT2D eigenvalue weighted by Gasteiger charge is 2.36. The Bertz CT molecular complexity index is 388. The zero-order valence-electron chi connectivity index (χ0n) is 10.6. The molecule has 17 heavy (non-hydrogen) atoms. The molecule has 2 heteroatoms. The van der Waals surface area contributed by atoms with E-state index in [4.69, 9.17) is 4.74 Å². The lowest BCUT2D eigenvalue weighted by Crippen LogP contribution is -2.49. The Morgan fingerprint density at radius 3 is 3.12 bits per heavy atom. The van der Waals surface area contributed by atoms with Gasteiger partial charge >= 0.3 is 0 Å². The van der Waals surface area contributed by atoms with Gasteiger partial charge < -0.3 is 4.74 Å². The van der Waals surface area contributed by atoms with Gasteiger partial charge in [-0.3, -0.25) is 4.90 Å².